The van der Waals surface area contributed by atoms with Crippen LogP contribution in [0.4, 0.5) is 11.4 Å². The van der Waals surface area contributed by atoms with Gasteiger partial charge < -0.3 is 48.4 Å². The lowest BCUT2D eigenvalue weighted by molar-refractivity contribution is -0.384. The molecule has 13 nitrogen and oxygen atoms in total. The number of hydrogen-bond acceptors (Lipinski definition) is 12. The molecule has 0 aliphatic rings. The van der Waals surface area contributed by atoms with E-state index in [9.17, 15) is 10.1 Å². The highest BCUT2D eigenvalue weighted by Crippen LogP contribution is 2.17. The van der Waals surface area contributed by atoms with Crippen molar-refractivity contribution in [3.63, 3.8) is 0 Å². The topological polar surface area (TPSA) is 152 Å². The Kier molecular flexibility index (Phi) is 19.7. The number of nitrogens with zero attached hydrogens (tertiary/aromatic N) is 1. The zero-order valence-electron chi connectivity index (χ0n) is 23.4. The van der Waals surface area contributed by atoms with Gasteiger partial charge in [0.25, 0.3) is 5.69 Å². The van der Waals surface area contributed by atoms with Crippen LogP contribution in [0.3, 0.4) is 0 Å². The predicted molar refractivity (Wildman–Crippen MR) is 151 cm³/mol. The minimum atomic E-state index is -0.452. The third-order valence-corrected chi connectivity index (χ3v) is 5.15. The second kappa shape index (κ2) is 23.6. The zero-order chi connectivity index (χ0) is 29.2. The summed E-state index contributed by atoms with van der Waals surface area (Å²) in [6, 6.07) is 13.1. The van der Waals surface area contributed by atoms with E-state index in [-0.39, 0.29) is 5.69 Å². The summed E-state index contributed by atoms with van der Waals surface area (Å²) < 4.78 is 49.1. The molecule has 0 aliphatic heterocycles. The molecule has 0 bridgehead atoms. The highest BCUT2D eigenvalue weighted by atomic mass is 16.6. The second-order valence-electron chi connectivity index (χ2n) is 8.30. The number of nitrogens with two attached hydrogens (primary N) is 1. The van der Waals surface area contributed by atoms with E-state index in [0.29, 0.717) is 117 Å². The molecule has 0 radical (unpaired) electrons. The van der Waals surface area contributed by atoms with E-state index < -0.39 is 4.92 Å². The molecule has 41 heavy (non-hydrogen) atoms. The monoisotopic (exact) mass is 582 g/mol. The number of hydrogen-bond donors (Lipinski definition) is 1. The van der Waals surface area contributed by atoms with Crippen LogP contribution in [0.25, 0.3) is 0 Å². The van der Waals surface area contributed by atoms with Crippen molar-refractivity contribution in [2.75, 3.05) is 111 Å². The number of ether oxygens (including phenoxy) is 9. The molecule has 0 spiro atoms. The van der Waals surface area contributed by atoms with Gasteiger partial charge in [0.2, 0.25) is 0 Å². The smallest absolute Gasteiger partial charge is 0.269 e. The van der Waals surface area contributed by atoms with Gasteiger partial charge in [0.1, 0.15) is 24.7 Å². The van der Waals surface area contributed by atoms with Gasteiger partial charge in [-0.15, -0.1) is 0 Å². The van der Waals surface area contributed by atoms with Gasteiger partial charge in [0, 0.05) is 17.8 Å². The van der Waals surface area contributed by atoms with Crippen LogP contribution in [0.2, 0.25) is 0 Å². The van der Waals surface area contributed by atoms with E-state index in [1.54, 1.807) is 24.3 Å². The lowest BCUT2D eigenvalue weighted by Crippen LogP contribution is -2.15. The van der Waals surface area contributed by atoms with Gasteiger partial charge >= 0.3 is 0 Å². The zero-order valence-corrected chi connectivity index (χ0v) is 23.4. The Balaban J connectivity index is 1.20. The van der Waals surface area contributed by atoms with Crippen LogP contribution in [-0.2, 0) is 33.2 Å². The Labute approximate surface area is 240 Å². The molecule has 13 heteroatoms. The van der Waals surface area contributed by atoms with Crippen molar-refractivity contribution < 1.29 is 47.6 Å². The number of rotatable bonds is 27. The number of non-ortho nitro benzene ring substituents is 1. The lowest BCUT2D eigenvalue weighted by Gasteiger charge is -2.09. The quantitative estimate of drug-likeness (QED) is 0.0713. The van der Waals surface area contributed by atoms with Gasteiger partial charge in [-0.05, 0) is 36.4 Å². The Bertz CT molecular complexity index is 901. The molecule has 0 unspecified atom stereocenters. The highest BCUT2D eigenvalue weighted by molar-refractivity contribution is 5.41. The Morgan fingerprint density at radius 1 is 0.463 bits per heavy atom. The molecule has 2 aromatic rings. The van der Waals surface area contributed by atoms with Crippen LogP contribution in [0.1, 0.15) is 0 Å². The molecule has 0 amide bonds. The number of anilines is 1. The van der Waals surface area contributed by atoms with Crippen LogP contribution < -0.4 is 15.2 Å². The molecule has 0 fully saturated rings. The van der Waals surface area contributed by atoms with E-state index in [1.165, 1.54) is 12.1 Å². The summed E-state index contributed by atoms with van der Waals surface area (Å²) in [5, 5.41) is 10.6. The SMILES string of the molecule is Nc1ccc(OCCOCCOCCOCCOCCOCCOCCOCCOc2ccc([N+](=O)[O-])cc2)cc1. The van der Waals surface area contributed by atoms with Crippen molar-refractivity contribution in [1.82, 2.24) is 0 Å². The molecule has 2 rings (SSSR count). The lowest BCUT2D eigenvalue weighted by atomic mass is 10.3. The normalized spacial score (nSPS) is 11.0. The van der Waals surface area contributed by atoms with Crippen LogP contribution in [0.15, 0.2) is 48.5 Å². The van der Waals surface area contributed by atoms with Gasteiger partial charge in [0.15, 0.2) is 0 Å². The fourth-order valence-electron chi connectivity index (χ4n) is 3.09. The molecule has 230 valence electrons. The van der Waals surface area contributed by atoms with E-state index in [2.05, 4.69) is 0 Å². The molecular formula is C28H42N2O11. The average Bonchev–Trinajstić information content (AvgIpc) is 2.98. The van der Waals surface area contributed by atoms with Gasteiger partial charge in [-0.2, -0.15) is 0 Å². The van der Waals surface area contributed by atoms with Gasteiger partial charge in [-0.25, -0.2) is 0 Å². The molecule has 0 saturated carbocycles. The van der Waals surface area contributed by atoms with E-state index in [0.717, 1.165) is 5.75 Å². The first-order valence-corrected chi connectivity index (χ1v) is 13.5. The number of nitro benzene ring substituents is 1. The van der Waals surface area contributed by atoms with Crippen molar-refractivity contribution in [3.05, 3.63) is 58.6 Å². The second-order valence-corrected chi connectivity index (χ2v) is 8.30. The van der Waals surface area contributed by atoms with Crippen LogP contribution >= 0.6 is 0 Å². The number of nitrogen functional groups attached to an aromatic ring is 1. The molecule has 0 aromatic heterocycles. The van der Waals surface area contributed by atoms with Crippen molar-refractivity contribution in [3.8, 4) is 11.5 Å². The van der Waals surface area contributed by atoms with Crippen molar-refractivity contribution >= 4 is 11.4 Å². The van der Waals surface area contributed by atoms with Gasteiger partial charge in [-0.3, -0.25) is 10.1 Å². The summed E-state index contributed by atoms with van der Waals surface area (Å²) in [7, 11) is 0. The average molecular weight is 583 g/mol. The first kappa shape index (κ1) is 34.2. The van der Waals surface area contributed by atoms with Crippen LogP contribution in [-0.4, -0.2) is 111 Å². The summed E-state index contributed by atoms with van der Waals surface area (Å²) in [5.74, 6) is 1.32. The van der Waals surface area contributed by atoms with Crippen molar-refractivity contribution in [1.29, 1.82) is 0 Å². The molecule has 0 heterocycles. The minimum Gasteiger partial charge on any atom is -0.491 e. The molecule has 2 aromatic carbocycles. The molecule has 2 N–H and O–H groups in total. The number of benzene rings is 2. The summed E-state index contributed by atoms with van der Waals surface area (Å²) in [5.41, 5.74) is 6.36. The molecule has 0 saturated heterocycles. The van der Waals surface area contributed by atoms with Crippen molar-refractivity contribution in [2.24, 2.45) is 0 Å². The largest absolute Gasteiger partial charge is 0.491 e. The van der Waals surface area contributed by atoms with Crippen molar-refractivity contribution in [2.45, 2.75) is 0 Å². The summed E-state index contributed by atoms with van der Waals surface area (Å²) >= 11 is 0. The van der Waals surface area contributed by atoms with Gasteiger partial charge in [0.05, 0.1) is 97.4 Å². The maximum atomic E-state index is 10.6. The molecule has 0 atom stereocenters. The Morgan fingerprint density at radius 2 is 0.732 bits per heavy atom. The van der Waals surface area contributed by atoms with Crippen LogP contribution in [0, 0.1) is 10.1 Å². The van der Waals surface area contributed by atoms with Crippen LogP contribution in [0.5, 0.6) is 11.5 Å². The third-order valence-electron chi connectivity index (χ3n) is 5.15. The minimum absolute atomic E-state index is 0.0263. The fraction of sp³-hybridized carbons (Fsp3) is 0.571. The van der Waals surface area contributed by atoms with E-state index >= 15 is 0 Å². The predicted octanol–water partition coefficient (Wildman–Crippen LogP) is 2.75. The fourth-order valence-corrected chi connectivity index (χ4v) is 3.09. The van der Waals surface area contributed by atoms with E-state index in [1.807, 2.05) is 12.1 Å². The Hall–Kier alpha value is -3.04. The third kappa shape index (κ3) is 18.8. The summed E-state index contributed by atoms with van der Waals surface area (Å²) in [4.78, 5) is 10.2. The standard InChI is InChI=1S/C28H42N2O11/c29-25-1-5-27(6-2-25)40-23-21-38-19-17-36-15-13-34-11-9-33-10-12-35-14-16-37-18-20-39-22-24-41-28-7-3-26(4-8-28)30(31)32/h1-8H,9-24,29H2. The Morgan fingerprint density at radius 3 is 1.02 bits per heavy atom. The highest BCUT2D eigenvalue weighted by Gasteiger charge is 2.04. The summed E-state index contributed by atoms with van der Waals surface area (Å²) in [6.45, 7) is 7.44. The summed E-state index contributed by atoms with van der Waals surface area (Å²) in [6.07, 6.45) is 0. The maximum Gasteiger partial charge on any atom is 0.269 e. The maximum absolute atomic E-state index is 10.6. The first-order valence-electron chi connectivity index (χ1n) is 13.5. The number of nitro groups is 1. The molecular weight excluding hydrogens is 540 g/mol. The van der Waals surface area contributed by atoms with Gasteiger partial charge in [-0.1, -0.05) is 0 Å². The molecule has 0 aliphatic carbocycles. The van der Waals surface area contributed by atoms with E-state index in [4.69, 9.17) is 48.4 Å². The first-order chi connectivity index (χ1) is 20.1.